The van der Waals surface area contributed by atoms with Gasteiger partial charge in [-0.1, -0.05) is 54.6 Å². The molecular formula is C28H22N2O3. The van der Waals surface area contributed by atoms with E-state index in [1.165, 1.54) is 0 Å². The Labute approximate surface area is 191 Å². The smallest absolute Gasteiger partial charge is 0.180 e. The predicted molar refractivity (Wildman–Crippen MR) is 125 cm³/mol. The van der Waals surface area contributed by atoms with Crippen molar-refractivity contribution in [2.24, 2.45) is 5.41 Å². The Morgan fingerprint density at radius 3 is 2.36 bits per heavy atom. The second kappa shape index (κ2) is 6.82. The van der Waals surface area contributed by atoms with Gasteiger partial charge in [0.15, 0.2) is 17.3 Å². The SMILES string of the molecule is CC(=O)[C@H]1[C@H](c2cccnc2)C2(C(=O)c3ccccc3C2=O)[C@@H]2C=Cc3ccc(C)cc3N21. The van der Waals surface area contributed by atoms with Crippen LogP contribution in [0, 0.1) is 12.3 Å². The van der Waals surface area contributed by atoms with Gasteiger partial charge in [-0.3, -0.25) is 19.4 Å². The molecule has 3 atom stereocenters. The van der Waals surface area contributed by atoms with Gasteiger partial charge < -0.3 is 4.90 Å². The van der Waals surface area contributed by atoms with E-state index >= 15 is 0 Å². The molecule has 1 fully saturated rings. The van der Waals surface area contributed by atoms with E-state index in [-0.39, 0.29) is 17.3 Å². The van der Waals surface area contributed by atoms with Crippen molar-refractivity contribution in [3.05, 3.63) is 101 Å². The summed E-state index contributed by atoms with van der Waals surface area (Å²) in [5.74, 6) is -1.16. The minimum absolute atomic E-state index is 0.0787. The molecule has 5 nitrogen and oxygen atoms in total. The number of carbonyl (C=O) groups excluding carboxylic acids is 3. The summed E-state index contributed by atoms with van der Waals surface area (Å²) >= 11 is 0. The lowest BCUT2D eigenvalue weighted by Crippen LogP contribution is -2.48. The Morgan fingerprint density at radius 2 is 1.73 bits per heavy atom. The number of nitrogens with zero attached hydrogens (tertiary/aromatic N) is 2. The monoisotopic (exact) mass is 434 g/mol. The second-order valence-electron chi connectivity index (χ2n) is 9.17. The molecule has 162 valence electrons. The van der Waals surface area contributed by atoms with Crippen LogP contribution in [0.1, 0.15) is 50.2 Å². The van der Waals surface area contributed by atoms with Gasteiger partial charge in [-0.25, -0.2) is 0 Å². The maximum Gasteiger partial charge on any atom is 0.180 e. The molecule has 33 heavy (non-hydrogen) atoms. The highest BCUT2D eigenvalue weighted by Gasteiger charge is 2.71. The Bertz CT molecular complexity index is 1340. The first-order valence-electron chi connectivity index (χ1n) is 11.1. The highest BCUT2D eigenvalue weighted by atomic mass is 16.2. The molecule has 1 saturated heterocycles. The predicted octanol–water partition coefficient (Wildman–Crippen LogP) is 4.41. The van der Waals surface area contributed by atoms with Crippen LogP contribution in [0.5, 0.6) is 0 Å². The van der Waals surface area contributed by atoms with Crippen molar-refractivity contribution in [1.82, 2.24) is 4.98 Å². The topological polar surface area (TPSA) is 67.3 Å². The molecule has 5 heteroatoms. The van der Waals surface area contributed by atoms with E-state index in [9.17, 15) is 14.4 Å². The largest absolute Gasteiger partial charge is 0.352 e. The lowest BCUT2D eigenvalue weighted by molar-refractivity contribution is -0.118. The Kier molecular flexibility index (Phi) is 4.09. The molecule has 0 N–H and O–H groups in total. The molecular weight excluding hydrogens is 412 g/mol. The zero-order valence-electron chi connectivity index (χ0n) is 18.4. The van der Waals surface area contributed by atoms with Gasteiger partial charge in [0.2, 0.25) is 0 Å². The summed E-state index contributed by atoms with van der Waals surface area (Å²) in [4.78, 5) is 48.0. The van der Waals surface area contributed by atoms with E-state index in [2.05, 4.69) is 4.98 Å². The van der Waals surface area contributed by atoms with E-state index in [0.29, 0.717) is 11.1 Å². The van der Waals surface area contributed by atoms with Crippen LogP contribution in [-0.4, -0.2) is 34.4 Å². The van der Waals surface area contributed by atoms with Crippen LogP contribution in [0.4, 0.5) is 5.69 Å². The number of rotatable bonds is 2. The molecule has 2 aliphatic heterocycles. The lowest BCUT2D eigenvalue weighted by atomic mass is 9.64. The number of benzene rings is 2. The molecule has 1 aromatic heterocycles. The first-order valence-corrected chi connectivity index (χ1v) is 11.1. The third kappa shape index (κ3) is 2.42. The Balaban J connectivity index is 1.69. The molecule has 3 aromatic rings. The molecule has 6 rings (SSSR count). The van der Waals surface area contributed by atoms with E-state index in [4.69, 9.17) is 0 Å². The summed E-state index contributed by atoms with van der Waals surface area (Å²) in [5.41, 5.74) is 3.07. The van der Waals surface area contributed by atoms with Gasteiger partial charge in [0.05, 0.1) is 12.1 Å². The molecule has 0 unspecified atom stereocenters. The van der Waals surface area contributed by atoms with Crippen LogP contribution in [0.3, 0.4) is 0 Å². The average molecular weight is 434 g/mol. The van der Waals surface area contributed by atoms with Crippen molar-refractivity contribution >= 4 is 29.1 Å². The van der Waals surface area contributed by atoms with Crippen LogP contribution in [0.25, 0.3) is 6.08 Å². The minimum Gasteiger partial charge on any atom is -0.352 e. The highest BCUT2D eigenvalue weighted by molar-refractivity contribution is 6.32. The summed E-state index contributed by atoms with van der Waals surface area (Å²) in [6.07, 6.45) is 7.26. The molecule has 1 spiro atoms. The fourth-order valence-electron chi connectivity index (χ4n) is 6.16. The molecule has 1 aliphatic carbocycles. The van der Waals surface area contributed by atoms with Gasteiger partial charge in [-0.2, -0.15) is 0 Å². The van der Waals surface area contributed by atoms with Gasteiger partial charge >= 0.3 is 0 Å². The van der Waals surface area contributed by atoms with E-state index in [0.717, 1.165) is 22.4 Å². The van der Waals surface area contributed by atoms with Crippen LogP contribution >= 0.6 is 0 Å². The third-order valence-electron chi connectivity index (χ3n) is 7.42. The van der Waals surface area contributed by atoms with Gasteiger partial charge in [0.1, 0.15) is 5.41 Å². The quantitative estimate of drug-likeness (QED) is 0.559. The molecule has 0 amide bonds. The van der Waals surface area contributed by atoms with Crippen LogP contribution < -0.4 is 4.90 Å². The van der Waals surface area contributed by atoms with E-state index in [1.807, 2.05) is 48.2 Å². The molecule has 0 bridgehead atoms. The maximum absolute atomic E-state index is 14.2. The molecule has 3 heterocycles. The Morgan fingerprint density at radius 1 is 1.00 bits per heavy atom. The second-order valence-corrected chi connectivity index (χ2v) is 9.17. The minimum atomic E-state index is -1.43. The maximum atomic E-state index is 14.2. The van der Waals surface area contributed by atoms with Crippen LogP contribution in [0.2, 0.25) is 0 Å². The summed E-state index contributed by atoms with van der Waals surface area (Å²) in [5, 5.41) is 0. The average Bonchev–Trinajstić information content (AvgIpc) is 3.27. The van der Waals surface area contributed by atoms with E-state index < -0.39 is 23.4 Å². The number of carbonyl (C=O) groups is 3. The third-order valence-corrected chi connectivity index (χ3v) is 7.42. The zero-order valence-corrected chi connectivity index (χ0v) is 18.4. The Hall–Kier alpha value is -3.86. The van der Waals surface area contributed by atoms with E-state index in [1.54, 1.807) is 49.6 Å². The van der Waals surface area contributed by atoms with Crippen molar-refractivity contribution in [2.75, 3.05) is 4.90 Å². The van der Waals surface area contributed by atoms with Crippen molar-refractivity contribution in [2.45, 2.75) is 31.8 Å². The summed E-state index contributed by atoms with van der Waals surface area (Å²) < 4.78 is 0. The number of hydrogen-bond donors (Lipinski definition) is 0. The number of aromatic nitrogens is 1. The highest BCUT2D eigenvalue weighted by Crippen LogP contribution is 2.60. The lowest BCUT2D eigenvalue weighted by Gasteiger charge is -2.37. The van der Waals surface area contributed by atoms with Gasteiger partial charge in [0.25, 0.3) is 0 Å². The summed E-state index contributed by atoms with van der Waals surface area (Å²) in [6, 6.07) is 15.5. The standard InChI is InChI=1S/C28H22N2O3/c1-16-9-10-18-11-12-23-28(26(32)20-7-3-4-8-21(20)27(28)33)24(19-6-5-13-29-15-19)25(17(2)31)30(23)22(18)14-16/h3-15,23-25H,1-2H3/t23-,24-,25-/m0/s1. The fraction of sp³-hybridized carbons (Fsp3) is 0.214. The van der Waals surface area contributed by atoms with Gasteiger partial charge in [0, 0.05) is 35.1 Å². The van der Waals surface area contributed by atoms with Crippen molar-refractivity contribution in [1.29, 1.82) is 0 Å². The zero-order chi connectivity index (χ0) is 22.9. The first-order chi connectivity index (χ1) is 16.0. The number of pyridine rings is 1. The number of ketones is 3. The summed E-state index contributed by atoms with van der Waals surface area (Å²) in [6.45, 7) is 3.55. The molecule has 2 aromatic carbocycles. The van der Waals surface area contributed by atoms with Crippen molar-refractivity contribution < 1.29 is 14.4 Å². The number of Topliss-reactive ketones (excluding diaryl/α,β-unsaturated/α-hetero) is 3. The van der Waals surface area contributed by atoms with Crippen LogP contribution in [0.15, 0.2) is 73.1 Å². The number of anilines is 1. The fourth-order valence-corrected chi connectivity index (χ4v) is 6.16. The molecule has 3 aliphatic rings. The van der Waals surface area contributed by atoms with Crippen molar-refractivity contribution in [3.8, 4) is 0 Å². The van der Waals surface area contributed by atoms with Crippen LogP contribution in [-0.2, 0) is 4.79 Å². The normalized spacial score (nSPS) is 24.1. The number of hydrogen-bond acceptors (Lipinski definition) is 5. The molecule has 0 saturated carbocycles. The van der Waals surface area contributed by atoms with Gasteiger partial charge in [-0.15, -0.1) is 0 Å². The number of fused-ring (bicyclic) bond motifs is 5. The van der Waals surface area contributed by atoms with Crippen molar-refractivity contribution in [3.63, 3.8) is 0 Å². The summed E-state index contributed by atoms with van der Waals surface area (Å²) in [7, 11) is 0. The molecule has 0 radical (unpaired) electrons. The van der Waals surface area contributed by atoms with Gasteiger partial charge in [-0.05, 0) is 42.7 Å². The number of aryl methyl sites for hydroxylation is 1. The first kappa shape index (κ1) is 19.8.